The van der Waals surface area contributed by atoms with E-state index in [4.69, 9.17) is 5.26 Å². The largest absolute Gasteiger partial charge is 0.469 e. The van der Waals surface area contributed by atoms with Crippen molar-refractivity contribution in [3.05, 3.63) is 0 Å². The van der Waals surface area contributed by atoms with Gasteiger partial charge in [0.2, 0.25) is 0 Å². The first-order valence-electron chi connectivity index (χ1n) is 5.06. The monoisotopic (exact) mass is 195 g/mol. The smallest absolute Gasteiger partial charge is 0.306 e. The number of carbonyl (C=O) groups is 1. The molecule has 1 fully saturated rings. The first-order valence-corrected chi connectivity index (χ1v) is 5.06. The van der Waals surface area contributed by atoms with E-state index < -0.39 is 0 Å². The van der Waals surface area contributed by atoms with Crippen molar-refractivity contribution < 1.29 is 9.53 Å². The fourth-order valence-corrected chi connectivity index (χ4v) is 2.43. The van der Waals surface area contributed by atoms with E-state index in [0.29, 0.717) is 18.8 Å². The number of rotatable bonds is 3. The molecule has 0 bridgehead atoms. The van der Waals surface area contributed by atoms with Gasteiger partial charge in [0, 0.05) is 6.42 Å². The third kappa shape index (κ3) is 2.47. The molecule has 0 heterocycles. The summed E-state index contributed by atoms with van der Waals surface area (Å²) >= 11 is 0. The minimum atomic E-state index is -0.186. The van der Waals surface area contributed by atoms with Crippen LogP contribution in [-0.4, -0.2) is 13.1 Å². The van der Waals surface area contributed by atoms with E-state index >= 15 is 0 Å². The Morgan fingerprint density at radius 2 is 2.43 bits per heavy atom. The van der Waals surface area contributed by atoms with E-state index in [9.17, 15) is 4.79 Å². The molecular formula is C11H17NO2. The number of hydrogen-bond acceptors (Lipinski definition) is 3. The number of nitrogens with zero attached hydrogens (tertiary/aromatic N) is 1. The maximum atomic E-state index is 11.2. The fourth-order valence-electron chi connectivity index (χ4n) is 2.43. The predicted molar refractivity (Wildman–Crippen MR) is 52.3 cm³/mol. The van der Waals surface area contributed by atoms with E-state index in [0.717, 1.165) is 19.3 Å². The fraction of sp³-hybridized carbons (Fsp3) is 0.818. The molecule has 3 heteroatoms. The molecule has 78 valence electrons. The molecule has 2 atom stereocenters. The van der Waals surface area contributed by atoms with Crippen LogP contribution < -0.4 is 0 Å². The normalized spacial score (nSPS) is 31.1. The van der Waals surface area contributed by atoms with Crippen molar-refractivity contribution in [2.75, 3.05) is 7.11 Å². The van der Waals surface area contributed by atoms with Gasteiger partial charge in [0.05, 0.1) is 19.6 Å². The molecule has 0 saturated heterocycles. The van der Waals surface area contributed by atoms with Crippen LogP contribution in [-0.2, 0) is 9.53 Å². The Morgan fingerprint density at radius 3 is 2.86 bits per heavy atom. The number of carbonyl (C=O) groups excluding carboxylic acids is 1. The summed E-state index contributed by atoms with van der Waals surface area (Å²) < 4.78 is 4.67. The molecule has 3 nitrogen and oxygen atoms in total. The van der Waals surface area contributed by atoms with Gasteiger partial charge in [-0.1, -0.05) is 13.3 Å². The lowest BCUT2D eigenvalue weighted by Crippen LogP contribution is -2.21. The number of esters is 1. The second kappa shape index (κ2) is 4.45. The third-order valence-electron chi connectivity index (χ3n) is 3.15. The minimum absolute atomic E-state index is 0.0960. The molecule has 0 aromatic carbocycles. The SMILES string of the molecule is COC(=O)C[C@@]1(CC#N)CC[C@@H](C)C1. The van der Waals surface area contributed by atoms with Crippen LogP contribution in [0.5, 0.6) is 0 Å². The minimum Gasteiger partial charge on any atom is -0.469 e. The lowest BCUT2D eigenvalue weighted by molar-refractivity contribution is -0.143. The summed E-state index contributed by atoms with van der Waals surface area (Å²) in [4.78, 5) is 11.2. The van der Waals surface area contributed by atoms with Gasteiger partial charge in [0.25, 0.3) is 0 Å². The zero-order valence-corrected chi connectivity index (χ0v) is 8.88. The van der Waals surface area contributed by atoms with Crippen molar-refractivity contribution in [1.82, 2.24) is 0 Å². The van der Waals surface area contributed by atoms with Gasteiger partial charge in [0.1, 0.15) is 0 Å². The van der Waals surface area contributed by atoms with Gasteiger partial charge >= 0.3 is 5.97 Å². The lowest BCUT2D eigenvalue weighted by Gasteiger charge is -2.24. The summed E-state index contributed by atoms with van der Waals surface area (Å²) in [5.74, 6) is 0.447. The van der Waals surface area contributed by atoms with Gasteiger partial charge in [-0.2, -0.15) is 5.26 Å². The van der Waals surface area contributed by atoms with Crippen molar-refractivity contribution in [2.45, 2.75) is 39.0 Å². The molecule has 0 unspecified atom stereocenters. The Morgan fingerprint density at radius 1 is 1.71 bits per heavy atom. The average Bonchev–Trinajstić information content (AvgIpc) is 2.48. The van der Waals surface area contributed by atoms with Crippen LogP contribution in [0.3, 0.4) is 0 Å². The predicted octanol–water partition coefficient (Wildman–Crippen LogP) is 2.27. The van der Waals surface area contributed by atoms with Gasteiger partial charge in [-0.05, 0) is 24.2 Å². The molecule has 0 N–H and O–H groups in total. The third-order valence-corrected chi connectivity index (χ3v) is 3.15. The number of hydrogen-bond donors (Lipinski definition) is 0. The number of methoxy groups -OCH3 is 1. The second-order valence-corrected chi connectivity index (χ2v) is 4.44. The molecule has 0 radical (unpaired) electrons. The highest BCUT2D eigenvalue weighted by atomic mass is 16.5. The first-order chi connectivity index (χ1) is 6.62. The molecule has 0 aromatic rings. The van der Waals surface area contributed by atoms with Crippen LogP contribution in [0, 0.1) is 22.7 Å². The van der Waals surface area contributed by atoms with E-state index in [-0.39, 0.29) is 11.4 Å². The van der Waals surface area contributed by atoms with Crippen LogP contribution in [0.25, 0.3) is 0 Å². The topological polar surface area (TPSA) is 50.1 Å². The Hall–Kier alpha value is -1.04. The Labute approximate surface area is 85.1 Å². The number of ether oxygens (including phenoxy) is 1. The quantitative estimate of drug-likeness (QED) is 0.649. The Kier molecular flexibility index (Phi) is 3.51. The number of nitriles is 1. The molecule has 0 aliphatic heterocycles. The molecule has 0 spiro atoms. The van der Waals surface area contributed by atoms with Gasteiger partial charge in [-0.25, -0.2) is 0 Å². The van der Waals surface area contributed by atoms with Gasteiger partial charge in [-0.3, -0.25) is 4.79 Å². The van der Waals surface area contributed by atoms with Crippen LogP contribution >= 0.6 is 0 Å². The zero-order chi connectivity index (χ0) is 10.6. The van der Waals surface area contributed by atoms with Gasteiger partial charge in [0.15, 0.2) is 0 Å². The van der Waals surface area contributed by atoms with E-state index in [1.807, 2.05) is 0 Å². The van der Waals surface area contributed by atoms with E-state index in [1.165, 1.54) is 7.11 Å². The molecule has 1 saturated carbocycles. The van der Waals surface area contributed by atoms with Crippen LogP contribution in [0.4, 0.5) is 0 Å². The van der Waals surface area contributed by atoms with Crippen molar-refractivity contribution in [2.24, 2.45) is 11.3 Å². The van der Waals surface area contributed by atoms with E-state index in [2.05, 4.69) is 17.7 Å². The van der Waals surface area contributed by atoms with Crippen LogP contribution in [0.1, 0.15) is 39.0 Å². The zero-order valence-electron chi connectivity index (χ0n) is 8.88. The molecule has 1 aliphatic rings. The molecule has 14 heavy (non-hydrogen) atoms. The molecule has 1 rings (SSSR count). The molecule has 0 aromatic heterocycles. The van der Waals surface area contributed by atoms with Crippen molar-refractivity contribution >= 4 is 5.97 Å². The summed E-state index contributed by atoms with van der Waals surface area (Å²) in [7, 11) is 1.40. The summed E-state index contributed by atoms with van der Waals surface area (Å²) in [6, 6.07) is 2.19. The Balaban J connectivity index is 2.64. The summed E-state index contributed by atoms with van der Waals surface area (Å²) in [6.45, 7) is 2.18. The summed E-state index contributed by atoms with van der Waals surface area (Å²) in [5, 5.41) is 8.76. The highest BCUT2D eigenvalue weighted by Gasteiger charge is 2.39. The van der Waals surface area contributed by atoms with Crippen molar-refractivity contribution in [3.63, 3.8) is 0 Å². The second-order valence-electron chi connectivity index (χ2n) is 4.44. The van der Waals surface area contributed by atoms with Crippen LogP contribution in [0.15, 0.2) is 0 Å². The maximum Gasteiger partial charge on any atom is 0.306 e. The van der Waals surface area contributed by atoms with Gasteiger partial charge < -0.3 is 4.74 Å². The van der Waals surface area contributed by atoms with Crippen molar-refractivity contribution in [3.8, 4) is 6.07 Å². The maximum absolute atomic E-state index is 11.2. The highest BCUT2D eigenvalue weighted by molar-refractivity contribution is 5.70. The lowest BCUT2D eigenvalue weighted by atomic mass is 9.79. The Bertz CT molecular complexity index is 257. The van der Waals surface area contributed by atoms with Crippen molar-refractivity contribution in [1.29, 1.82) is 5.26 Å². The molecule has 1 aliphatic carbocycles. The summed E-state index contributed by atoms with van der Waals surface area (Å²) in [6.07, 6.45) is 3.97. The standard InChI is InChI=1S/C11H17NO2/c1-9-3-4-11(7-9,5-6-12)8-10(13)14-2/h9H,3-5,7-8H2,1-2H3/t9-,11-/m1/s1. The summed E-state index contributed by atoms with van der Waals surface area (Å²) in [5.41, 5.74) is -0.0960. The first kappa shape index (κ1) is 11.0. The molecule has 0 amide bonds. The molecular weight excluding hydrogens is 178 g/mol. The highest BCUT2D eigenvalue weighted by Crippen LogP contribution is 2.46. The van der Waals surface area contributed by atoms with E-state index in [1.54, 1.807) is 0 Å². The van der Waals surface area contributed by atoms with Gasteiger partial charge in [-0.15, -0.1) is 0 Å². The van der Waals surface area contributed by atoms with Crippen LogP contribution in [0.2, 0.25) is 0 Å². The average molecular weight is 195 g/mol.